The van der Waals surface area contributed by atoms with Gasteiger partial charge in [-0.15, -0.1) is 0 Å². The van der Waals surface area contributed by atoms with Crippen LogP contribution >= 0.6 is 0 Å². The number of anilines is 1. The van der Waals surface area contributed by atoms with Crippen molar-refractivity contribution in [3.05, 3.63) is 161 Å². The fourth-order valence-corrected chi connectivity index (χ4v) is 8.84. The van der Waals surface area contributed by atoms with Gasteiger partial charge in [0.15, 0.2) is 17.3 Å². The lowest BCUT2D eigenvalue weighted by Crippen LogP contribution is -2.45. The zero-order chi connectivity index (χ0) is 32.8. The summed E-state index contributed by atoms with van der Waals surface area (Å²) in [5.41, 5.74) is 4.33. The fourth-order valence-electron chi connectivity index (χ4n) is 8.84. The van der Waals surface area contributed by atoms with Gasteiger partial charge in [-0.2, -0.15) is 0 Å². The van der Waals surface area contributed by atoms with E-state index in [0.717, 1.165) is 33.4 Å². The van der Waals surface area contributed by atoms with Gasteiger partial charge in [0, 0.05) is 6.07 Å². The molecule has 0 spiro atoms. The first-order valence-electron chi connectivity index (χ1n) is 16.2. The maximum absolute atomic E-state index is 16.0. The number of fused-ring (bicyclic) bond motifs is 6. The molecule has 0 unspecified atom stereocenters. The number of aryl methyl sites for hydroxylation is 2. The van der Waals surface area contributed by atoms with E-state index in [4.69, 9.17) is 9.47 Å². The summed E-state index contributed by atoms with van der Waals surface area (Å²) in [5, 5.41) is 0. The Morgan fingerprint density at radius 2 is 1.02 bits per heavy atom. The van der Waals surface area contributed by atoms with Crippen LogP contribution in [0.1, 0.15) is 33.4 Å². The molecular weight excluding hydrogens is 598 g/mol. The van der Waals surface area contributed by atoms with Crippen LogP contribution < -0.4 is 14.4 Å². The molecule has 6 nitrogen and oxygen atoms in total. The van der Waals surface area contributed by atoms with Crippen LogP contribution in [0.5, 0.6) is 11.5 Å². The SMILES string of the molecule is Cc1ccc(C2=C(c3ccc(C)cc3)[C@@]3(c4ccccc4)C(=O)[C@@]2(c2ccccc2)[C@@H]2C(=O)N(c4ccc5c(c4)OCO5)C(=O)[C@@H]23)cc1. The van der Waals surface area contributed by atoms with Gasteiger partial charge in [-0.05, 0) is 59.4 Å². The lowest BCUT2D eigenvalue weighted by atomic mass is 9.59. The largest absolute Gasteiger partial charge is 0.454 e. The van der Waals surface area contributed by atoms with Gasteiger partial charge in [0.25, 0.3) is 0 Å². The van der Waals surface area contributed by atoms with Crippen LogP contribution in [0.15, 0.2) is 127 Å². The lowest BCUT2D eigenvalue weighted by molar-refractivity contribution is -0.130. The predicted octanol–water partition coefficient (Wildman–Crippen LogP) is 7.22. The second-order valence-electron chi connectivity index (χ2n) is 13.2. The number of ether oxygens (including phenoxy) is 2. The highest BCUT2D eigenvalue weighted by molar-refractivity contribution is 6.39. The Bertz CT molecular complexity index is 2060. The van der Waals surface area contributed by atoms with E-state index in [2.05, 4.69) is 0 Å². The highest BCUT2D eigenvalue weighted by Crippen LogP contribution is 2.74. The smallest absolute Gasteiger partial charge is 0.239 e. The summed E-state index contributed by atoms with van der Waals surface area (Å²) in [6.45, 7) is 4.13. The summed E-state index contributed by atoms with van der Waals surface area (Å²) < 4.78 is 11.2. The molecule has 4 atom stereocenters. The molecule has 2 fully saturated rings. The second kappa shape index (κ2) is 10.1. The Labute approximate surface area is 278 Å². The quantitative estimate of drug-likeness (QED) is 0.192. The van der Waals surface area contributed by atoms with E-state index in [9.17, 15) is 0 Å². The van der Waals surface area contributed by atoms with E-state index < -0.39 is 34.5 Å². The molecule has 0 aromatic heterocycles. The number of benzene rings is 5. The standard InChI is InChI=1S/C42H31NO5/c1-25-13-17-27(18-14-25)34-35(28-19-15-26(2)16-20-28)42(30-11-7-4-8-12-30)37-36(41(34,40(42)46)29-9-5-3-6-10-29)38(44)43(39(37)45)31-21-22-32-33(23-31)48-24-47-32/h3-23,36-37H,24H2,1-2H3/t36-,37+,41-,42-/m1/s1. The van der Waals surface area contributed by atoms with Crippen molar-refractivity contribution in [1.29, 1.82) is 0 Å². The first kappa shape index (κ1) is 28.5. The van der Waals surface area contributed by atoms with Gasteiger partial charge in [0.05, 0.1) is 28.4 Å². The van der Waals surface area contributed by atoms with Crippen molar-refractivity contribution in [1.82, 2.24) is 0 Å². The van der Waals surface area contributed by atoms with Crippen molar-refractivity contribution in [2.75, 3.05) is 11.7 Å². The second-order valence-corrected chi connectivity index (χ2v) is 13.2. The molecule has 1 saturated carbocycles. The molecule has 234 valence electrons. The van der Waals surface area contributed by atoms with Crippen LogP contribution in [0.25, 0.3) is 11.1 Å². The van der Waals surface area contributed by atoms with E-state index in [1.165, 1.54) is 4.90 Å². The minimum atomic E-state index is -1.45. The number of allylic oxidation sites excluding steroid dienone is 2. The number of Topliss-reactive ketones (excluding diaryl/α,β-unsaturated/α-hetero) is 1. The summed E-state index contributed by atoms with van der Waals surface area (Å²) in [6.07, 6.45) is 0. The number of hydrogen-bond acceptors (Lipinski definition) is 5. The van der Waals surface area contributed by atoms with Gasteiger partial charge in [0.1, 0.15) is 0 Å². The maximum atomic E-state index is 16.0. The van der Waals surface area contributed by atoms with E-state index in [0.29, 0.717) is 28.3 Å². The molecule has 0 N–H and O–H groups in total. The molecular formula is C42H31NO5. The average molecular weight is 630 g/mol. The lowest BCUT2D eigenvalue weighted by Gasteiger charge is -2.39. The maximum Gasteiger partial charge on any atom is 0.239 e. The van der Waals surface area contributed by atoms with Crippen LogP contribution in [0.4, 0.5) is 5.69 Å². The van der Waals surface area contributed by atoms with Crippen LogP contribution in [0.2, 0.25) is 0 Å². The molecule has 5 aromatic rings. The molecule has 4 aliphatic rings. The number of imide groups is 1. The van der Waals surface area contributed by atoms with Crippen molar-refractivity contribution in [2.24, 2.45) is 11.8 Å². The van der Waals surface area contributed by atoms with Crippen LogP contribution in [-0.4, -0.2) is 24.4 Å². The Hall–Kier alpha value is -5.75. The van der Waals surface area contributed by atoms with Gasteiger partial charge in [0.2, 0.25) is 18.6 Å². The van der Waals surface area contributed by atoms with Gasteiger partial charge in [-0.25, -0.2) is 4.90 Å². The Balaban J connectivity index is 1.42. The highest BCUT2D eigenvalue weighted by atomic mass is 16.7. The third-order valence-corrected chi connectivity index (χ3v) is 10.7. The van der Waals surface area contributed by atoms with Gasteiger partial charge in [-0.3, -0.25) is 14.4 Å². The predicted molar refractivity (Wildman–Crippen MR) is 182 cm³/mol. The van der Waals surface area contributed by atoms with Crippen LogP contribution in [0.3, 0.4) is 0 Å². The third-order valence-electron chi connectivity index (χ3n) is 10.7. The monoisotopic (exact) mass is 629 g/mol. The molecule has 9 rings (SSSR count). The molecule has 2 amide bonds. The fraction of sp³-hybridized carbons (Fsp3) is 0.167. The van der Waals surface area contributed by atoms with Crippen LogP contribution in [-0.2, 0) is 25.2 Å². The molecule has 2 bridgehead atoms. The molecule has 2 heterocycles. The zero-order valence-corrected chi connectivity index (χ0v) is 26.5. The first-order chi connectivity index (χ1) is 23.4. The topological polar surface area (TPSA) is 72.9 Å². The van der Waals surface area contributed by atoms with Crippen molar-refractivity contribution in [2.45, 2.75) is 24.7 Å². The summed E-state index contributed by atoms with van der Waals surface area (Å²) in [5.74, 6) is -1.89. The number of nitrogens with zero attached hydrogens (tertiary/aromatic N) is 1. The van der Waals surface area contributed by atoms with Crippen molar-refractivity contribution < 1.29 is 23.9 Å². The highest BCUT2D eigenvalue weighted by Gasteiger charge is 2.82. The number of amides is 2. The molecule has 6 heteroatoms. The number of hydrogen-bond donors (Lipinski definition) is 0. The Morgan fingerprint density at radius 1 is 0.562 bits per heavy atom. The minimum Gasteiger partial charge on any atom is -0.454 e. The third kappa shape index (κ3) is 3.49. The number of ketones is 1. The molecule has 1 saturated heterocycles. The van der Waals surface area contributed by atoms with E-state index in [1.54, 1.807) is 18.2 Å². The summed E-state index contributed by atoms with van der Waals surface area (Å²) >= 11 is 0. The summed E-state index contributed by atoms with van der Waals surface area (Å²) in [6, 6.07) is 40.6. The van der Waals surface area contributed by atoms with Crippen molar-refractivity contribution in [3.8, 4) is 11.5 Å². The molecule has 2 aliphatic carbocycles. The normalized spacial score (nSPS) is 25.3. The number of carbonyl (C=O) groups excluding carboxylic acids is 3. The van der Waals surface area contributed by atoms with Gasteiger partial charge >= 0.3 is 0 Å². The number of carbonyl (C=O) groups is 3. The summed E-state index contributed by atoms with van der Waals surface area (Å²) in [7, 11) is 0. The zero-order valence-electron chi connectivity index (χ0n) is 26.5. The molecule has 0 radical (unpaired) electrons. The van der Waals surface area contributed by atoms with E-state index in [-0.39, 0.29) is 12.6 Å². The molecule has 48 heavy (non-hydrogen) atoms. The Kier molecular flexibility index (Phi) is 6.00. The van der Waals surface area contributed by atoms with Crippen molar-refractivity contribution in [3.63, 3.8) is 0 Å². The first-order valence-corrected chi connectivity index (χ1v) is 16.2. The summed E-state index contributed by atoms with van der Waals surface area (Å²) in [4.78, 5) is 47.6. The van der Waals surface area contributed by atoms with E-state index >= 15 is 14.4 Å². The van der Waals surface area contributed by atoms with E-state index in [1.807, 2.05) is 123 Å². The molecule has 5 aromatic carbocycles. The average Bonchev–Trinajstić information content (AvgIpc) is 3.82. The minimum absolute atomic E-state index is 0.0679. The van der Waals surface area contributed by atoms with Crippen LogP contribution in [0, 0.1) is 25.7 Å². The van der Waals surface area contributed by atoms with Gasteiger partial charge < -0.3 is 9.47 Å². The van der Waals surface area contributed by atoms with Crippen molar-refractivity contribution >= 4 is 34.4 Å². The molecule has 2 aliphatic heterocycles. The van der Waals surface area contributed by atoms with Gasteiger partial charge in [-0.1, -0.05) is 120 Å². The number of rotatable bonds is 5. The Morgan fingerprint density at radius 3 is 1.50 bits per heavy atom.